The van der Waals surface area contributed by atoms with E-state index in [1.54, 1.807) is 35.6 Å². The Morgan fingerprint density at radius 1 is 1.10 bits per heavy atom. The number of thiazole rings is 1. The van der Waals surface area contributed by atoms with Crippen LogP contribution in [0.5, 0.6) is 5.75 Å². The number of aryl methyl sites for hydroxylation is 1. The van der Waals surface area contributed by atoms with Gasteiger partial charge >= 0.3 is 5.97 Å². The molecule has 0 unspecified atom stereocenters. The third kappa shape index (κ3) is 4.00. The Labute approximate surface area is 182 Å². The molecule has 2 heterocycles. The molecule has 0 fully saturated rings. The first-order valence-electron chi connectivity index (χ1n) is 9.90. The Bertz CT molecular complexity index is 1410. The molecule has 0 atom stereocenters. The SMILES string of the molecule is CCCc1[nH+]c2c(N)nc3ccccc3c2s1.O=C(O)c1ccc2ccccc2c1[O-]. The molecule has 31 heavy (non-hydrogen) atoms. The highest BCUT2D eigenvalue weighted by Crippen LogP contribution is 2.30. The highest BCUT2D eigenvalue weighted by molar-refractivity contribution is 7.19. The third-order valence-electron chi connectivity index (χ3n) is 4.95. The van der Waals surface area contributed by atoms with Crippen LogP contribution in [-0.4, -0.2) is 16.1 Å². The molecule has 0 radical (unpaired) electrons. The molecule has 156 valence electrons. The molecular weight excluding hydrogens is 410 g/mol. The molecule has 5 aromatic rings. The van der Waals surface area contributed by atoms with Gasteiger partial charge in [-0.2, -0.15) is 4.98 Å². The molecule has 0 aliphatic carbocycles. The van der Waals surface area contributed by atoms with Crippen molar-refractivity contribution in [2.24, 2.45) is 0 Å². The predicted molar refractivity (Wildman–Crippen MR) is 122 cm³/mol. The van der Waals surface area contributed by atoms with Crippen LogP contribution in [0.4, 0.5) is 5.82 Å². The van der Waals surface area contributed by atoms with Crippen molar-refractivity contribution in [1.82, 2.24) is 4.98 Å². The number of carboxylic acid groups (broad SMARTS) is 1. The van der Waals surface area contributed by atoms with Gasteiger partial charge in [0, 0.05) is 11.8 Å². The van der Waals surface area contributed by atoms with Gasteiger partial charge in [-0.05, 0) is 29.3 Å². The summed E-state index contributed by atoms with van der Waals surface area (Å²) < 4.78 is 1.22. The van der Waals surface area contributed by atoms with E-state index < -0.39 is 11.7 Å². The average molecular weight is 432 g/mol. The number of H-pyrrole nitrogens is 1. The van der Waals surface area contributed by atoms with E-state index in [-0.39, 0.29) is 5.56 Å². The largest absolute Gasteiger partial charge is 0.871 e. The number of nitrogens with one attached hydrogen (secondary N) is 1. The summed E-state index contributed by atoms with van der Waals surface area (Å²) in [6, 6.07) is 18.1. The number of carbonyl (C=O) groups is 1. The van der Waals surface area contributed by atoms with Crippen molar-refractivity contribution in [3.8, 4) is 5.75 Å². The lowest BCUT2D eigenvalue weighted by atomic mass is 10.1. The standard InChI is InChI=1S/C13H13N3S.C11H8O3/c1-2-5-10-16-11-12(17-10)8-6-3-4-7-9(8)15-13(11)14;12-10-8-4-2-1-3-7(8)5-6-9(10)11(13)14/h3-4,6-7H,2,5H2,1H3,(H2,14,15);1-6,12H,(H,13,14). The lowest BCUT2D eigenvalue weighted by Gasteiger charge is -2.13. The number of fused-ring (bicyclic) bond motifs is 4. The van der Waals surface area contributed by atoms with Gasteiger partial charge in [0.25, 0.3) is 5.52 Å². The van der Waals surface area contributed by atoms with Crippen LogP contribution >= 0.6 is 11.3 Å². The van der Waals surface area contributed by atoms with Crippen LogP contribution in [0, 0.1) is 0 Å². The molecule has 0 bridgehead atoms. The second-order valence-corrected chi connectivity index (χ2v) is 8.19. The molecule has 0 aliphatic heterocycles. The number of hydrogen-bond acceptors (Lipinski definition) is 5. The first-order chi connectivity index (χ1) is 15.0. The number of carboxylic acids is 1. The number of anilines is 1. The maximum atomic E-state index is 11.6. The fourth-order valence-corrected chi connectivity index (χ4v) is 4.71. The predicted octanol–water partition coefficient (Wildman–Crippen LogP) is 4.41. The van der Waals surface area contributed by atoms with Gasteiger partial charge in [0.15, 0.2) is 5.82 Å². The Balaban J connectivity index is 0.000000152. The van der Waals surface area contributed by atoms with Gasteiger partial charge in [-0.25, -0.2) is 9.78 Å². The minimum Gasteiger partial charge on any atom is -0.871 e. The Morgan fingerprint density at radius 2 is 1.81 bits per heavy atom. The summed E-state index contributed by atoms with van der Waals surface area (Å²) in [7, 11) is 0. The Morgan fingerprint density at radius 3 is 2.55 bits per heavy atom. The maximum absolute atomic E-state index is 11.6. The van der Waals surface area contributed by atoms with Crippen LogP contribution in [0.1, 0.15) is 28.7 Å². The number of rotatable bonds is 3. The number of benzene rings is 3. The summed E-state index contributed by atoms with van der Waals surface area (Å²) in [5.74, 6) is -1.01. The van der Waals surface area contributed by atoms with Crippen LogP contribution in [0.15, 0.2) is 60.7 Å². The van der Waals surface area contributed by atoms with Crippen molar-refractivity contribution in [3.63, 3.8) is 0 Å². The average Bonchev–Trinajstić information content (AvgIpc) is 3.20. The van der Waals surface area contributed by atoms with Crippen molar-refractivity contribution in [2.45, 2.75) is 19.8 Å². The van der Waals surface area contributed by atoms with Gasteiger partial charge in [-0.1, -0.05) is 72.5 Å². The lowest BCUT2D eigenvalue weighted by Crippen LogP contribution is -2.07. The number of nitrogens with two attached hydrogens (primary N) is 1. The molecule has 0 spiro atoms. The molecule has 7 heteroatoms. The van der Waals surface area contributed by atoms with E-state index >= 15 is 0 Å². The molecule has 0 saturated carbocycles. The van der Waals surface area contributed by atoms with Crippen LogP contribution in [0.25, 0.3) is 31.9 Å². The first-order valence-corrected chi connectivity index (χ1v) is 10.7. The topological polar surface area (TPSA) is 113 Å². The summed E-state index contributed by atoms with van der Waals surface area (Å²) in [5.41, 5.74) is 7.77. The molecular formula is C24H21N3O3S. The van der Waals surface area contributed by atoms with Gasteiger partial charge in [-0.15, -0.1) is 0 Å². The molecule has 0 saturated heterocycles. The molecule has 5 rings (SSSR count). The fourth-order valence-electron chi connectivity index (χ4n) is 3.47. The van der Waals surface area contributed by atoms with Crippen molar-refractivity contribution >= 4 is 55.0 Å². The van der Waals surface area contributed by atoms with E-state index in [1.807, 2.05) is 24.3 Å². The second-order valence-electron chi connectivity index (χ2n) is 7.09. The normalized spacial score (nSPS) is 10.9. The highest BCUT2D eigenvalue weighted by Gasteiger charge is 2.17. The third-order valence-corrected chi connectivity index (χ3v) is 6.13. The van der Waals surface area contributed by atoms with Gasteiger partial charge in [0.2, 0.25) is 5.01 Å². The summed E-state index contributed by atoms with van der Waals surface area (Å²) in [4.78, 5) is 18.5. The molecule has 0 amide bonds. The Hall–Kier alpha value is -3.71. The zero-order valence-corrected chi connectivity index (χ0v) is 17.7. The number of nitrogens with zero attached hydrogens (tertiary/aromatic N) is 1. The zero-order valence-electron chi connectivity index (χ0n) is 16.9. The molecule has 2 aromatic heterocycles. The van der Waals surface area contributed by atoms with E-state index in [0.717, 1.165) is 29.3 Å². The lowest BCUT2D eigenvalue weighted by molar-refractivity contribution is -0.350. The van der Waals surface area contributed by atoms with Crippen LogP contribution in [0.2, 0.25) is 0 Å². The number of aromatic amines is 1. The first kappa shape index (κ1) is 20.6. The summed E-state index contributed by atoms with van der Waals surface area (Å²) in [5, 5.41) is 24.0. The van der Waals surface area contributed by atoms with E-state index in [4.69, 9.17) is 10.8 Å². The van der Waals surface area contributed by atoms with E-state index in [0.29, 0.717) is 11.2 Å². The van der Waals surface area contributed by atoms with Crippen LogP contribution in [0.3, 0.4) is 0 Å². The van der Waals surface area contributed by atoms with Crippen LogP contribution in [-0.2, 0) is 6.42 Å². The van der Waals surface area contributed by atoms with Gasteiger partial charge in [-0.3, -0.25) is 0 Å². The number of aromatic carboxylic acids is 1. The van der Waals surface area contributed by atoms with Gasteiger partial charge in [0.1, 0.15) is 4.70 Å². The monoisotopic (exact) mass is 431 g/mol. The summed E-state index contributed by atoms with van der Waals surface area (Å²) in [6.07, 6.45) is 2.20. The van der Waals surface area contributed by atoms with E-state index in [1.165, 1.54) is 21.2 Å². The maximum Gasteiger partial charge on any atom is 0.335 e. The number of nitrogen functional groups attached to an aromatic ring is 1. The van der Waals surface area contributed by atoms with E-state index in [9.17, 15) is 9.90 Å². The number of pyridine rings is 1. The Kier molecular flexibility index (Phi) is 5.68. The quantitative estimate of drug-likeness (QED) is 0.439. The zero-order chi connectivity index (χ0) is 22.0. The van der Waals surface area contributed by atoms with Crippen molar-refractivity contribution in [3.05, 3.63) is 71.2 Å². The van der Waals surface area contributed by atoms with Crippen molar-refractivity contribution in [2.75, 3.05) is 5.73 Å². The summed E-state index contributed by atoms with van der Waals surface area (Å²) >= 11 is 1.79. The van der Waals surface area contributed by atoms with Gasteiger partial charge < -0.3 is 15.9 Å². The van der Waals surface area contributed by atoms with Gasteiger partial charge in [0.05, 0.1) is 11.1 Å². The molecule has 3 aromatic carbocycles. The van der Waals surface area contributed by atoms with Crippen LogP contribution < -0.4 is 15.8 Å². The summed E-state index contributed by atoms with van der Waals surface area (Å²) in [6.45, 7) is 2.18. The minimum atomic E-state index is -1.18. The fraction of sp³-hybridized carbons (Fsp3) is 0.125. The second kappa shape index (κ2) is 8.57. The van der Waals surface area contributed by atoms with Crippen molar-refractivity contribution < 1.29 is 20.0 Å². The number of para-hydroxylation sites is 1. The molecule has 0 aliphatic rings. The van der Waals surface area contributed by atoms with Crippen molar-refractivity contribution in [1.29, 1.82) is 0 Å². The molecule has 6 nitrogen and oxygen atoms in total. The minimum absolute atomic E-state index is 0.177. The number of aromatic nitrogens is 2. The smallest absolute Gasteiger partial charge is 0.335 e. The van der Waals surface area contributed by atoms with E-state index in [2.05, 4.69) is 23.0 Å². The molecule has 4 N–H and O–H groups in total. The number of hydrogen-bond donors (Lipinski definition) is 2. The highest BCUT2D eigenvalue weighted by atomic mass is 32.1.